The van der Waals surface area contributed by atoms with Crippen LogP contribution in [0.15, 0.2) is 36.4 Å². The van der Waals surface area contributed by atoms with Crippen molar-refractivity contribution in [1.82, 2.24) is 4.98 Å². The summed E-state index contributed by atoms with van der Waals surface area (Å²) in [5.41, 5.74) is 4.55. The molecule has 1 fully saturated rings. The third-order valence-electron chi connectivity index (χ3n) is 8.25. The lowest BCUT2D eigenvalue weighted by Crippen LogP contribution is -3.10. The Morgan fingerprint density at radius 1 is 1.08 bits per heavy atom. The van der Waals surface area contributed by atoms with Gasteiger partial charge >= 0.3 is 11.9 Å². The molecule has 0 saturated carbocycles. The highest BCUT2D eigenvalue weighted by Gasteiger charge is 2.48. The Kier molecular flexibility index (Phi) is 9.80. The maximum absolute atomic E-state index is 11.2. The van der Waals surface area contributed by atoms with Crippen LogP contribution in [0.4, 0.5) is 0 Å². The van der Waals surface area contributed by atoms with Crippen LogP contribution in [-0.2, 0) is 30.3 Å². The SMILES string of the molecule is C1=CCC2C(C1)C[NH+]1CCCc3c([nH]c4ccccc34)C21.CCOC(=O)CC(CC(=O)OCC)C(O)C(=O)[O-]. The predicted octanol–water partition coefficient (Wildman–Crippen LogP) is 1.26. The number of fused-ring (bicyclic) bond motifs is 7. The van der Waals surface area contributed by atoms with E-state index < -0.39 is 29.9 Å². The highest BCUT2D eigenvalue weighted by molar-refractivity contribution is 5.85. The van der Waals surface area contributed by atoms with E-state index in [0.29, 0.717) is 6.04 Å². The number of carboxylic acids is 1. The minimum Gasteiger partial charge on any atom is -0.547 e. The first-order chi connectivity index (χ1) is 18.8. The number of hydrogen-bond acceptors (Lipinski definition) is 7. The molecule has 39 heavy (non-hydrogen) atoms. The highest BCUT2D eigenvalue weighted by Crippen LogP contribution is 2.41. The number of para-hydroxylation sites is 1. The maximum Gasteiger partial charge on any atom is 0.306 e. The summed E-state index contributed by atoms with van der Waals surface area (Å²) in [6.07, 6.45) is 7.34. The second-order valence-corrected chi connectivity index (χ2v) is 10.7. The van der Waals surface area contributed by atoms with Gasteiger partial charge in [0.1, 0.15) is 6.04 Å². The van der Waals surface area contributed by atoms with Crippen molar-refractivity contribution in [2.24, 2.45) is 17.8 Å². The largest absolute Gasteiger partial charge is 0.547 e. The number of carboxylic acid groups (broad SMARTS) is 1. The number of quaternary nitrogens is 1. The number of benzene rings is 1. The van der Waals surface area contributed by atoms with E-state index >= 15 is 0 Å². The molecule has 2 aromatic rings. The average Bonchev–Trinajstić information content (AvgIpc) is 3.41. The number of nitrogens with one attached hydrogen (secondary N) is 2. The number of ether oxygens (including phenoxy) is 2. The smallest absolute Gasteiger partial charge is 0.306 e. The van der Waals surface area contributed by atoms with Crippen molar-refractivity contribution in [3.05, 3.63) is 47.7 Å². The molecule has 3 N–H and O–H groups in total. The fraction of sp³-hybridized carbons (Fsp3) is 0.567. The van der Waals surface area contributed by atoms with Gasteiger partial charge in [0.25, 0.3) is 0 Å². The summed E-state index contributed by atoms with van der Waals surface area (Å²) in [6, 6.07) is 9.61. The molecule has 0 amide bonds. The van der Waals surface area contributed by atoms with Gasteiger partial charge in [-0.15, -0.1) is 0 Å². The zero-order chi connectivity index (χ0) is 27.9. The summed E-state index contributed by atoms with van der Waals surface area (Å²) in [6.45, 7) is 6.18. The number of aliphatic carboxylic acids is 1. The molecule has 0 radical (unpaired) electrons. The first-order valence-corrected chi connectivity index (χ1v) is 14.1. The number of allylic oxidation sites excluding steroid dienone is 2. The minimum absolute atomic E-state index is 0.131. The summed E-state index contributed by atoms with van der Waals surface area (Å²) in [4.78, 5) is 38.7. The normalized spacial score (nSPS) is 24.0. The molecule has 5 atom stereocenters. The van der Waals surface area contributed by atoms with Crippen molar-refractivity contribution < 1.29 is 39.0 Å². The van der Waals surface area contributed by atoms with Crippen LogP contribution in [0.25, 0.3) is 10.9 Å². The standard InChI is InChI=1S/C19H22N2.C11H18O7/c1-2-7-14-13(6-1)12-21-11-5-9-16-15-8-3-4-10-17(15)20-18(16)19(14)21;1-3-17-8(12)5-7(10(14)11(15)16)6-9(13)18-4-2/h1-4,8,10,13-14,19-20H,5-7,9,11-12H2;7,10,14H,3-6H2,1-2H3,(H,15,16). The predicted molar refractivity (Wildman–Crippen MR) is 142 cm³/mol. The molecule has 5 unspecified atom stereocenters. The lowest BCUT2D eigenvalue weighted by molar-refractivity contribution is -0.921. The van der Waals surface area contributed by atoms with Gasteiger partial charge in [-0.2, -0.15) is 0 Å². The third-order valence-corrected chi connectivity index (χ3v) is 8.25. The molecule has 212 valence electrons. The van der Waals surface area contributed by atoms with E-state index in [1.807, 2.05) is 4.90 Å². The molecule has 1 saturated heterocycles. The van der Waals surface area contributed by atoms with E-state index in [1.165, 1.54) is 49.7 Å². The van der Waals surface area contributed by atoms with Gasteiger partial charge in [0.05, 0.1) is 56.9 Å². The van der Waals surface area contributed by atoms with Crippen LogP contribution in [0.3, 0.4) is 0 Å². The number of aryl methyl sites for hydroxylation is 1. The van der Waals surface area contributed by atoms with Gasteiger partial charge in [-0.25, -0.2) is 0 Å². The van der Waals surface area contributed by atoms with E-state index in [1.54, 1.807) is 25.1 Å². The first-order valence-electron chi connectivity index (χ1n) is 14.1. The third kappa shape index (κ3) is 6.70. The lowest BCUT2D eigenvalue weighted by atomic mass is 9.80. The number of hydrogen-bond donors (Lipinski definition) is 3. The second-order valence-electron chi connectivity index (χ2n) is 10.7. The van der Waals surface area contributed by atoms with Gasteiger partial charge in [0.2, 0.25) is 0 Å². The van der Waals surface area contributed by atoms with E-state index in [-0.39, 0.29) is 26.1 Å². The molecule has 5 rings (SSSR count). The Labute approximate surface area is 229 Å². The summed E-state index contributed by atoms with van der Waals surface area (Å²) in [5.74, 6) is -2.47. The molecule has 2 aliphatic heterocycles. The minimum atomic E-state index is -1.92. The van der Waals surface area contributed by atoms with Crippen LogP contribution in [0, 0.1) is 17.8 Å². The molecule has 0 bridgehead atoms. The maximum atomic E-state index is 11.2. The Morgan fingerprint density at radius 2 is 1.74 bits per heavy atom. The number of carbonyl (C=O) groups is 3. The van der Waals surface area contributed by atoms with Gasteiger partial charge in [-0.1, -0.05) is 30.4 Å². The average molecular weight is 541 g/mol. The molecular weight excluding hydrogens is 500 g/mol. The van der Waals surface area contributed by atoms with Crippen molar-refractivity contribution in [3.8, 4) is 0 Å². The fourth-order valence-electron chi connectivity index (χ4n) is 6.58. The number of aromatic nitrogens is 1. The van der Waals surface area contributed by atoms with Gasteiger partial charge < -0.3 is 34.4 Å². The van der Waals surface area contributed by atoms with E-state index in [2.05, 4.69) is 50.9 Å². The zero-order valence-corrected chi connectivity index (χ0v) is 22.8. The number of carbonyl (C=O) groups excluding carboxylic acids is 3. The van der Waals surface area contributed by atoms with Crippen molar-refractivity contribution >= 4 is 28.8 Å². The Hall–Kier alpha value is -3.17. The molecule has 1 aromatic heterocycles. The first kappa shape index (κ1) is 28.8. The van der Waals surface area contributed by atoms with Crippen LogP contribution < -0.4 is 10.0 Å². The summed E-state index contributed by atoms with van der Waals surface area (Å²) >= 11 is 0. The molecule has 9 heteroatoms. The quantitative estimate of drug-likeness (QED) is 0.339. The molecule has 0 spiro atoms. The summed E-state index contributed by atoms with van der Waals surface area (Å²) in [5, 5.41) is 21.4. The summed E-state index contributed by atoms with van der Waals surface area (Å²) in [7, 11) is 0. The van der Waals surface area contributed by atoms with E-state index in [0.717, 1.165) is 11.8 Å². The Morgan fingerprint density at radius 3 is 2.41 bits per heavy atom. The Bertz CT molecular complexity index is 1170. The van der Waals surface area contributed by atoms with Crippen LogP contribution >= 0.6 is 0 Å². The van der Waals surface area contributed by atoms with Crippen LogP contribution in [-0.4, -0.2) is 60.4 Å². The zero-order valence-electron chi connectivity index (χ0n) is 22.8. The number of aromatic amines is 1. The van der Waals surface area contributed by atoms with Crippen LogP contribution in [0.2, 0.25) is 0 Å². The fourth-order valence-corrected chi connectivity index (χ4v) is 6.58. The van der Waals surface area contributed by atoms with Crippen molar-refractivity contribution in [2.75, 3.05) is 26.3 Å². The molecule has 1 aliphatic carbocycles. The molecular formula is C30H40N2O7. The molecule has 3 heterocycles. The number of rotatable bonds is 8. The van der Waals surface area contributed by atoms with Crippen LogP contribution in [0.1, 0.15) is 63.3 Å². The van der Waals surface area contributed by atoms with Crippen molar-refractivity contribution in [3.63, 3.8) is 0 Å². The molecule has 1 aromatic carbocycles. The number of H-pyrrole nitrogens is 1. The highest BCUT2D eigenvalue weighted by atomic mass is 16.5. The van der Waals surface area contributed by atoms with Gasteiger partial charge in [0.15, 0.2) is 0 Å². The Balaban J connectivity index is 0.000000185. The lowest BCUT2D eigenvalue weighted by Gasteiger charge is -2.24. The number of aliphatic hydroxyl groups is 1. The summed E-state index contributed by atoms with van der Waals surface area (Å²) < 4.78 is 9.26. The van der Waals surface area contributed by atoms with Gasteiger partial charge in [0, 0.05) is 35.1 Å². The van der Waals surface area contributed by atoms with E-state index in [4.69, 9.17) is 0 Å². The van der Waals surface area contributed by atoms with E-state index in [9.17, 15) is 24.6 Å². The van der Waals surface area contributed by atoms with Crippen molar-refractivity contribution in [1.29, 1.82) is 0 Å². The molecule has 9 nitrogen and oxygen atoms in total. The second kappa shape index (κ2) is 13.3. The van der Waals surface area contributed by atoms with Crippen LogP contribution in [0.5, 0.6) is 0 Å². The monoisotopic (exact) mass is 540 g/mol. The van der Waals surface area contributed by atoms with Crippen molar-refractivity contribution in [2.45, 2.75) is 64.5 Å². The number of esters is 2. The van der Waals surface area contributed by atoms with Gasteiger partial charge in [-0.3, -0.25) is 9.59 Å². The molecule has 3 aliphatic rings. The number of aliphatic hydroxyl groups excluding tert-OH is 1. The topological polar surface area (TPSA) is 133 Å². The van der Waals surface area contributed by atoms with Gasteiger partial charge in [-0.05, 0) is 44.7 Å².